The summed E-state index contributed by atoms with van der Waals surface area (Å²) in [6, 6.07) is 15.5. The molecule has 3 fully saturated rings. The van der Waals surface area contributed by atoms with E-state index in [1.165, 1.54) is 31.2 Å². The van der Waals surface area contributed by atoms with Crippen LogP contribution in [0, 0.1) is 0 Å². The fourth-order valence-corrected chi connectivity index (χ4v) is 5.14. The molecule has 28 heavy (non-hydrogen) atoms. The van der Waals surface area contributed by atoms with Gasteiger partial charge < -0.3 is 19.5 Å². The third kappa shape index (κ3) is 3.55. The van der Waals surface area contributed by atoms with Crippen molar-refractivity contribution in [2.75, 3.05) is 29.5 Å². The molecule has 3 atom stereocenters. The molecule has 0 amide bonds. The number of nitrogens with zero attached hydrogens (tertiary/aromatic N) is 2. The second-order valence-electron chi connectivity index (χ2n) is 8.47. The molecule has 5 nitrogen and oxygen atoms in total. The lowest BCUT2D eigenvalue weighted by Gasteiger charge is -2.34. The fraction of sp³-hybridized carbons (Fsp3) is 0.522. The van der Waals surface area contributed by atoms with E-state index in [1.54, 1.807) is 6.07 Å². The fourth-order valence-electron chi connectivity index (χ4n) is 5.14. The Bertz CT molecular complexity index is 866. The lowest BCUT2D eigenvalue weighted by molar-refractivity contribution is 0.0991. The van der Waals surface area contributed by atoms with E-state index in [9.17, 15) is 4.79 Å². The van der Waals surface area contributed by atoms with Crippen molar-refractivity contribution in [1.82, 2.24) is 4.98 Å². The van der Waals surface area contributed by atoms with Crippen molar-refractivity contribution >= 4 is 11.5 Å². The van der Waals surface area contributed by atoms with Crippen molar-refractivity contribution in [3.8, 4) is 0 Å². The Morgan fingerprint density at radius 2 is 1.96 bits per heavy atom. The molecule has 3 aliphatic rings. The zero-order valence-corrected chi connectivity index (χ0v) is 16.3. The number of benzene rings is 1. The summed E-state index contributed by atoms with van der Waals surface area (Å²) in [4.78, 5) is 20.5. The molecule has 3 saturated heterocycles. The van der Waals surface area contributed by atoms with Gasteiger partial charge in [0.25, 0.3) is 5.56 Å². The van der Waals surface area contributed by atoms with Crippen molar-refractivity contribution < 1.29 is 4.74 Å². The molecule has 148 valence electrons. The minimum atomic E-state index is -0.00102. The summed E-state index contributed by atoms with van der Waals surface area (Å²) in [7, 11) is 0. The van der Waals surface area contributed by atoms with Crippen LogP contribution in [0.25, 0.3) is 0 Å². The van der Waals surface area contributed by atoms with E-state index in [1.807, 2.05) is 0 Å². The maximum absolute atomic E-state index is 12.5. The molecular formula is C23H29N3O2. The van der Waals surface area contributed by atoms with Crippen molar-refractivity contribution in [1.29, 1.82) is 0 Å². The number of aromatic nitrogens is 1. The second-order valence-corrected chi connectivity index (χ2v) is 8.47. The van der Waals surface area contributed by atoms with E-state index in [0.717, 1.165) is 44.0 Å². The molecule has 5 heteroatoms. The molecule has 5 rings (SSSR count). The number of aromatic amines is 1. The van der Waals surface area contributed by atoms with Crippen LogP contribution in [0.3, 0.4) is 0 Å². The number of pyridine rings is 1. The van der Waals surface area contributed by atoms with Crippen LogP contribution in [-0.4, -0.2) is 42.9 Å². The Kier molecular flexibility index (Phi) is 4.85. The molecule has 4 heterocycles. The standard InChI is InChI=1S/C23H29N3O2/c27-23-14-19(26-15-21-12-20(26)16-28-21)13-22(24-23)25-10-6-2-5-9-18(25)11-17-7-3-1-4-8-17/h1,3-4,7-8,13-14,18,20-21H,2,5-6,9-12,15-16H2,(H,24,27)/t18-,20+,21+/m1/s1. The summed E-state index contributed by atoms with van der Waals surface area (Å²) in [5.41, 5.74) is 2.42. The third-order valence-electron chi connectivity index (χ3n) is 6.55. The predicted molar refractivity (Wildman–Crippen MR) is 112 cm³/mol. The van der Waals surface area contributed by atoms with Gasteiger partial charge in [0.15, 0.2) is 0 Å². The van der Waals surface area contributed by atoms with Gasteiger partial charge in [0.05, 0.1) is 18.8 Å². The summed E-state index contributed by atoms with van der Waals surface area (Å²) in [5, 5.41) is 0. The Labute approximate surface area is 166 Å². The van der Waals surface area contributed by atoms with Gasteiger partial charge in [-0.25, -0.2) is 0 Å². The van der Waals surface area contributed by atoms with Crippen LogP contribution in [0.4, 0.5) is 11.5 Å². The highest BCUT2D eigenvalue weighted by Crippen LogP contribution is 2.34. The van der Waals surface area contributed by atoms with Crippen LogP contribution in [0.1, 0.15) is 37.7 Å². The number of ether oxygens (including phenoxy) is 1. The first-order chi connectivity index (χ1) is 13.8. The monoisotopic (exact) mass is 379 g/mol. The maximum atomic E-state index is 12.5. The average molecular weight is 380 g/mol. The lowest BCUT2D eigenvalue weighted by atomic mass is 10.0. The molecule has 1 N–H and O–H groups in total. The van der Waals surface area contributed by atoms with E-state index in [0.29, 0.717) is 18.2 Å². The molecule has 0 aliphatic carbocycles. The first-order valence-electron chi connectivity index (χ1n) is 10.7. The molecule has 2 aromatic rings. The van der Waals surface area contributed by atoms with E-state index < -0.39 is 0 Å². The number of anilines is 2. The van der Waals surface area contributed by atoms with E-state index in [2.05, 4.69) is 51.2 Å². The molecule has 0 unspecified atom stereocenters. The normalized spacial score (nSPS) is 27.2. The van der Waals surface area contributed by atoms with Crippen molar-refractivity contribution in [3.05, 3.63) is 58.4 Å². The van der Waals surface area contributed by atoms with Gasteiger partial charge in [-0.15, -0.1) is 0 Å². The lowest BCUT2D eigenvalue weighted by Crippen LogP contribution is -2.40. The molecule has 1 aromatic heterocycles. The van der Waals surface area contributed by atoms with E-state index in [-0.39, 0.29) is 5.56 Å². The van der Waals surface area contributed by atoms with Gasteiger partial charge in [0, 0.05) is 37.0 Å². The van der Waals surface area contributed by atoms with E-state index in [4.69, 9.17) is 4.74 Å². The number of rotatable bonds is 4. The number of nitrogens with one attached hydrogen (secondary N) is 1. The Hall–Kier alpha value is -2.27. The van der Waals surface area contributed by atoms with Crippen LogP contribution < -0.4 is 15.4 Å². The highest BCUT2D eigenvalue weighted by molar-refractivity contribution is 5.57. The van der Waals surface area contributed by atoms with Gasteiger partial charge in [0.2, 0.25) is 0 Å². The topological polar surface area (TPSA) is 48.6 Å². The van der Waals surface area contributed by atoms with Gasteiger partial charge in [-0.2, -0.15) is 0 Å². The maximum Gasteiger partial charge on any atom is 0.251 e. The summed E-state index contributed by atoms with van der Waals surface area (Å²) >= 11 is 0. The quantitative estimate of drug-likeness (QED) is 0.885. The van der Waals surface area contributed by atoms with Crippen LogP contribution in [0.2, 0.25) is 0 Å². The summed E-state index contributed by atoms with van der Waals surface area (Å²) in [6.07, 6.45) is 7.31. The zero-order chi connectivity index (χ0) is 18.9. The smallest absolute Gasteiger partial charge is 0.251 e. The number of H-pyrrole nitrogens is 1. The van der Waals surface area contributed by atoms with Gasteiger partial charge in [0.1, 0.15) is 5.82 Å². The SMILES string of the molecule is O=c1cc(N2C[C@@H]3C[C@H]2CO3)cc(N2CCCCC[C@@H]2Cc2ccccc2)[nH]1. The summed E-state index contributed by atoms with van der Waals surface area (Å²) in [6.45, 7) is 2.69. The molecule has 3 aliphatic heterocycles. The molecular weight excluding hydrogens is 350 g/mol. The number of fused-ring (bicyclic) bond motifs is 2. The Balaban J connectivity index is 1.44. The summed E-state index contributed by atoms with van der Waals surface area (Å²) in [5.74, 6) is 0.981. The van der Waals surface area contributed by atoms with Crippen LogP contribution in [0.5, 0.6) is 0 Å². The Morgan fingerprint density at radius 1 is 1.07 bits per heavy atom. The van der Waals surface area contributed by atoms with Gasteiger partial charge in [-0.3, -0.25) is 4.79 Å². The largest absolute Gasteiger partial charge is 0.374 e. The molecule has 1 aromatic carbocycles. The molecule has 2 bridgehead atoms. The number of morpholine rings is 1. The molecule has 0 spiro atoms. The van der Waals surface area contributed by atoms with Crippen molar-refractivity contribution in [3.63, 3.8) is 0 Å². The van der Waals surface area contributed by atoms with Crippen molar-refractivity contribution in [2.45, 2.75) is 56.7 Å². The Morgan fingerprint density at radius 3 is 2.75 bits per heavy atom. The van der Waals surface area contributed by atoms with E-state index >= 15 is 0 Å². The van der Waals surface area contributed by atoms with Crippen LogP contribution in [-0.2, 0) is 11.2 Å². The van der Waals surface area contributed by atoms with Gasteiger partial charge >= 0.3 is 0 Å². The summed E-state index contributed by atoms with van der Waals surface area (Å²) < 4.78 is 5.74. The highest BCUT2D eigenvalue weighted by Gasteiger charge is 2.39. The minimum absolute atomic E-state index is 0.00102. The minimum Gasteiger partial charge on any atom is -0.374 e. The van der Waals surface area contributed by atoms with Gasteiger partial charge in [-0.05, 0) is 31.2 Å². The van der Waals surface area contributed by atoms with Gasteiger partial charge in [-0.1, -0.05) is 43.2 Å². The van der Waals surface area contributed by atoms with Crippen LogP contribution >= 0.6 is 0 Å². The predicted octanol–water partition coefficient (Wildman–Crippen LogP) is 3.34. The first-order valence-corrected chi connectivity index (χ1v) is 10.7. The highest BCUT2D eigenvalue weighted by atomic mass is 16.5. The average Bonchev–Trinajstić information content (AvgIpc) is 3.27. The number of hydrogen-bond donors (Lipinski definition) is 1. The second kappa shape index (κ2) is 7.63. The van der Waals surface area contributed by atoms with Crippen LogP contribution in [0.15, 0.2) is 47.3 Å². The molecule has 0 radical (unpaired) electrons. The van der Waals surface area contributed by atoms with Crippen molar-refractivity contribution in [2.24, 2.45) is 0 Å². The zero-order valence-electron chi connectivity index (χ0n) is 16.3. The number of hydrogen-bond acceptors (Lipinski definition) is 4. The molecule has 0 saturated carbocycles. The first kappa shape index (κ1) is 17.8. The third-order valence-corrected chi connectivity index (χ3v) is 6.55.